The molecule has 1 aliphatic heterocycles. The molecule has 1 aliphatic carbocycles. The standard InChI is InChI=1S/C17H26N6O4S/c18-15-21-16(19)23(17(22-15)6-2-1-3-7-17)13-5-4-12(11-20-8-9-24)14(10-13)28(25,26)27/h4-5,10,20,24H,1-3,6-9,11H2,(H,25,26,27)(H4,18,19,21,22). The molecule has 1 aromatic carbocycles. The first-order chi connectivity index (χ1) is 13.3. The van der Waals surface area contributed by atoms with Gasteiger partial charge in [-0.2, -0.15) is 13.4 Å². The van der Waals surface area contributed by atoms with Gasteiger partial charge in [-0.25, -0.2) is 4.99 Å². The highest BCUT2D eigenvalue weighted by Crippen LogP contribution is 2.40. The largest absolute Gasteiger partial charge is 0.395 e. The van der Waals surface area contributed by atoms with Gasteiger partial charge in [-0.05, 0) is 43.4 Å². The number of benzene rings is 1. The van der Waals surface area contributed by atoms with Crippen molar-refractivity contribution in [1.29, 1.82) is 0 Å². The van der Waals surface area contributed by atoms with E-state index in [9.17, 15) is 13.0 Å². The van der Waals surface area contributed by atoms with Gasteiger partial charge in [0.05, 0.1) is 6.61 Å². The molecule has 0 aromatic heterocycles. The predicted octanol–water partition coefficient (Wildman–Crippen LogP) is 0.125. The summed E-state index contributed by atoms with van der Waals surface area (Å²) in [5.41, 5.74) is 12.2. The molecule has 1 heterocycles. The number of aliphatic hydroxyl groups excluding tert-OH is 1. The Morgan fingerprint density at radius 2 is 1.93 bits per heavy atom. The summed E-state index contributed by atoms with van der Waals surface area (Å²) in [4.78, 5) is 10.1. The van der Waals surface area contributed by atoms with E-state index >= 15 is 0 Å². The maximum absolute atomic E-state index is 12.0. The van der Waals surface area contributed by atoms with E-state index in [0.717, 1.165) is 19.3 Å². The summed E-state index contributed by atoms with van der Waals surface area (Å²) >= 11 is 0. The van der Waals surface area contributed by atoms with E-state index in [4.69, 9.17) is 16.6 Å². The number of hydrogen-bond donors (Lipinski definition) is 5. The maximum Gasteiger partial charge on any atom is 0.294 e. The molecule has 0 radical (unpaired) electrons. The van der Waals surface area contributed by atoms with Gasteiger partial charge in [-0.15, -0.1) is 0 Å². The van der Waals surface area contributed by atoms with Crippen LogP contribution in [0.25, 0.3) is 0 Å². The van der Waals surface area contributed by atoms with E-state index in [2.05, 4.69) is 15.3 Å². The highest BCUT2D eigenvalue weighted by Gasteiger charge is 2.42. The van der Waals surface area contributed by atoms with Crippen LogP contribution < -0.4 is 21.7 Å². The number of hydrogen-bond acceptors (Lipinski definition) is 9. The topological polar surface area (TPSA) is 167 Å². The quantitative estimate of drug-likeness (QED) is 0.326. The number of aliphatic imine (C=N–C) groups is 2. The van der Waals surface area contributed by atoms with Crippen molar-refractivity contribution >= 4 is 27.7 Å². The fourth-order valence-electron chi connectivity index (χ4n) is 3.87. The lowest BCUT2D eigenvalue weighted by atomic mass is 9.87. The average Bonchev–Trinajstić information content (AvgIpc) is 2.62. The van der Waals surface area contributed by atoms with E-state index in [1.54, 1.807) is 17.0 Å². The molecule has 0 bridgehead atoms. The Balaban J connectivity index is 2.05. The second-order valence-electron chi connectivity index (χ2n) is 6.99. The molecule has 1 spiro atoms. The second kappa shape index (κ2) is 8.03. The summed E-state index contributed by atoms with van der Waals surface area (Å²) in [7, 11) is -4.47. The smallest absolute Gasteiger partial charge is 0.294 e. The number of guanidine groups is 2. The molecule has 7 N–H and O–H groups in total. The molecule has 0 atom stereocenters. The SMILES string of the molecule is NC1=NC2(CCCCC2)N(c2ccc(CNCCO)c(S(=O)(=O)O)c2)C(N)=N1. The molecule has 154 valence electrons. The van der Waals surface area contributed by atoms with Gasteiger partial charge in [-0.3, -0.25) is 9.45 Å². The van der Waals surface area contributed by atoms with E-state index in [0.29, 0.717) is 30.6 Å². The Morgan fingerprint density at radius 1 is 1.21 bits per heavy atom. The molecule has 0 amide bonds. The van der Waals surface area contributed by atoms with Crippen LogP contribution in [0, 0.1) is 0 Å². The van der Waals surface area contributed by atoms with Crippen LogP contribution in [0.3, 0.4) is 0 Å². The van der Waals surface area contributed by atoms with Crippen LogP contribution in [0.15, 0.2) is 33.1 Å². The van der Waals surface area contributed by atoms with Crippen LogP contribution in [-0.2, 0) is 16.7 Å². The third-order valence-electron chi connectivity index (χ3n) is 5.04. The second-order valence-corrected chi connectivity index (χ2v) is 8.38. The van der Waals surface area contributed by atoms with Gasteiger partial charge in [0.15, 0.2) is 0 Å². The number of nitrogens with zero attached hydrogens (tertiary/aromatic N) is 3. The normalized spacial score (nSPS) is 19.4. The van der Waals surface area contributed by atoms with Gasteiger partial charge >= 0.3 is 0 Å². The number of nitrogens with one attached hydrogen (secondary N) is 1. The minimum Gasteiger partial charge on any atom is -0.395 e. The fraction of sp³-hybridized carbons (Fsp3) is 0.529. The Kier molecular flexibility index (Phi) is 5.89. The summed E-state index contributed by atoms with van der Waals surface area (Å²) < 4.78 is 33.7. The first-order valence-corrected chi connectivity index (χ1v) is 10.6. The monoisotopic (exact) mass is 410 g/mol. The van der Waals surface area contributed by atoms with E-state index < -0.39 is 15.8 Å². The van der Waals surface area contributed by atoms with Crippen molar-refractivity contribution in [2.24, 2.45) is 21.5 Å². The molecule has 10 nitrogen and oxygen atoms in total. The number of aliphatic hydroxyl groups is 1. The first kappa shape index (κ1) is 20.5. The molecule has 3 rings (SSSR count). The van der Waals surface area contributed by atoms with Crippen molar-refractivity contribution < 1.29 is 18.1 Å². The Hall–Kier alpha value is -2.21. The highest BCUT2D eigenvalue weighted by molar-refractivity contribution is 7.85. The van der Waals surface area contributed by atoms with Gasteiger partial charge in [0, 0.05) is 18.8 Å². The van der Waals surface area contributed by atoms with Gasteiger partial charge in [0.25, 0.3) is 10.1 Å². The molecule has 28 heavy (non-hydrogen) atoms. The zero-order valence-corrected chi connectivity index (χ0v) is 16.3. The lowest BCUT2D eigenvalue weighted by Gasteiger charge is -2.45. The zero-order valence-electron chi connectivity index (χ0n) is 15.5. The molecule has 2 aliphatic rings. The molecular formula is C17H26N6O4S. The Labute approximate surface area is 164 Å². The first-order valence-electron chi connectivity index (χ1n) is 9.18. The van der Waals surface area contributed by atoms with E-state index in [-0.39, 0.29) is 30.0 Å². The third-order valence-corrected chi connectivity index (χ3v) is 5.98. The molecule has 0 saturated heterocycles. The van der Waals surface area contributed by atoms with Gasteiger partial charge in [0.2, 0.25) is 11.9 Å². The summed E-state index contributed by atoms with van der Waals surface area (Å²) in [6, 6.07) is 4.70. The maximum atomic E-state index is 12.0. The summed E-state index contributed by atoms with van der Waals surface area (Å²) in [5, 5.41) is 11.8. The minimum absolute atomic E-state index is 0.0813. The van der Waals surface area contributed by atoms with Gasteiger partial charge < -0.3 is 21.9 Å². The molecular weight excluding hydrogens is 384 g/mol. The van der Waals surface area contributed by atoms with Crippen molar-refractivity contribution in [1.82, 2.24) is 5.32 Å². The van der Waals surface area contributed by atoms with Crippen LogP contribution in [0.5, 0.6) is 0 Å². The van der Waals surface area contributed by atoms with Gasteiger partial charge in [-0.1, -0.05) is 12.5 Å². The number of anilines is 1. The predicted molar refractivity (Wildman–Crippen MR) is 107 cm³/mol. The molecule has 1 fully saturated rings. The number of nitrogens with two attached hydrogens (primary N) is 2. The molecule has 1 aromatic rings. The van der Waals surface area contributed by atoms with Crippen LogP contribution in [0.4, 0.5) is 5.69 Å². The summed E-state index contributed by atoms with van der Waals surface area (Å²) in [6.45, 7) is 0.396. The highest BCUT2D eigenvalue weighted by atomic mass is 32.2. The van der Waals surface area contributed by atoms with Crippen molar-refractivity contribution in [2.75, 3.05) is 18.1 Å². The van der Waals surface area contributed by atoms with Crippen LogP contribution >= 0.6 is 0 Å². The van der Waals surface area contributed by atoms with Crippen LogP contribution in [-0.4, -0.2) is 48.8 Å². The van der Waals surface area contributed by atoms with Crippen molar-refractivity contribution in [3.8, 4) is 0 Å². The molecule has 1 saturated carbocycles. The lowest BCUT2D eigenvalue weighted by Crippen LogP contribution is -2.58. The molecule has 11 heteroatoms. The van der Waals surface area contributed by atoms with E-state index in [1.165, 1.54) is 6.07 Å². The molecule has 0 unspecified atom stereocenters. The lowest BCUT2D eigenvalue weighted by molar-refractivity contribution is 0.291. The van der Waals surface area contributed by atoms with Gasteiger partial charge in [0.1, 0.15) is 10.6 Å². The van der Waals surface area contributed by atoms with Crippen LogP contribution in [0.2, 0.25) is 0 Å². The fourth-order valence-corrected chi connectivity index (χ4v) is 4.61. The van der Waals surface area contributed by atoms with Crippen LogP contribution in [0.1, 0.15) is 37.7 Å². The van der Waals surface area contributed by atoms with E-state index in [1.807, 2.05) is 0 Å². The number of rotatable bonds is 6. The Morgan fingerprint density at radius 3 is 2.57 bits per heavy atom. The summed E-state index contributed by atoms with van der Waals surface area (Å²) in [5.74, 6) is 0.248. The summed E-state index contributed by atoms with van der Waals surface area (Å²) in [6.07, 6.45) is 4.38. The third kappa shape index (κ3) is 4.12. The zero-order chi connectivity index (χ0) is 20.4. The van der Waals surface area contributed by atoms with Crippen molar-refractivity contribution in [2.45, 2.75) is 49.2 Å². The average molecular weight is 411 g/mol. The van der Waals surface area contributed by atoms with Crippen molar-refractivity contribution in [3.05, 3.63) is 23.8 Å². The minimum atomic E-state index is -4.47. The van der Waals surface area contributed by atoms with Crippen molar-refractivity contribution in [3.63, 3.8) is 0 Å². The Bertz CT molecular complexity index is 893.